The summed E-state index contributed by atoms with van der Waals surface area (Å²) in [5.41, 5.74) is 0. The first-order valence-electron chi connectivity index (χ1n) is 4.09. The van der Waals surface area contributed by atoms with E-state index >= 15 is 0 Å². The first-order valence-corrected chi connectivity index (χ1v) is 5.98. The minimum Gasteiger partial charge on any atom is -0.353 e. The third-order valence-corrected chi connectivity index (χ3v) is 3.93. The molecule has 0 bridgehead atoms. The predicted molar refractivity (Wildman–Crippen MR) is 52.2 cm³/mol. The van der Waals surface area contributed by atoms with Crippen LogP contribution in [0, 0.1) is 0 Å². The molecule has 4 nitrogen and oxygen atoms in total. The molecule has 0 fully saturated rings. The number of hydrogen-bond donors (Lipinski definition) is 1. The zero-order valence-corrected chi connectivity index (χ0v) is 9.53. The van der Waals surface area contributed by atoms with Gasteiger partial charge in [0.25, 0.3) is 0 Å². The summed E-state index contributed by atoms with van der Waals surface area (Å²) in [5.74, 6) is -0.454. The lowest BCUT2D eigenvalue weighted by Crippen LogP contribution is -2.49. The molecule has 78 valence electrons. The van der Waals surface area contributed by atoms with Crippen molar-refractivity contribution in [3.63, 3.8) is 0 Å². The van der Waals surface area contributed by atoms with Gasteiger partial charge in [-0.3, -0.25) is 4.79 Å². The second-order valence-corrected chi connectivity index (χ2v) is 6.48. The Morgan fingerprint density at radius 3 is 1.92 bits per heavy atom. The van der Waals surface area contributed by atoms with E-state index in [0.29, 0.717) is 0 Å². The standard InChI is InChI=1S/C8H17NO3S/c1-6(2)9-7(10)8(3,4)13(5,11)12/h6H,1-5H3,(H,9,10). The lowest BCUT2D eigenvalue weighted by atomic mass is 10.2. The Bertz CT molecular complexity index is 291. The largest absolute Gasteiger partial charge is 0.353 e. The molecule has 0 heterocycles. The summed E-state index contributed by atoms with van der Waals surface area (Å²) in [6.07, 6.45) is 1.06. The van der Waals surface area contributed by atoms with Crippen LogP contribution in [0.15, 0.2) is 0 Å². The first kappa shape index (κ1) is 12.4. The van der Waals surface area contributed by atoms with Crippen molar-refractivity contribution < 1.29 is 13.2 Å². The summed E-state index contributed by atoms with van der Waals surface area (Å²) >= 11 is 0. The van der Waals surface area contributed by atoms with Crippen molar-refractivity contribution in [1.82, 2.24) is 5.32 Å². The van der Waals surface area contributed by atoms with E-state index in [9.17, 15) is 13.2 Å². The van der Waals surface area contributed by atoms with Gasteiger partial charge in [0, 0.05) is 12.3 Å². The molecule has 0 unspecified atom stereocenters. The Labute approximate surface area is 79.6 Å². The maximum atomic E-state index is 11.4. The van der Waals surface area contributed by atoms with E-state index < -0.39 is 20.5 Å². The number of nitrogens with one attached hydrogen (secondary N) is 1. The normalized spacial score (nSPS) is 13.1. The van der Waals surface area contributed by atoms with E-state index in [1.165, 1.54) is 13.8 Å². The van der Waals surface area contributed by atoms with Gasteiger partial charge < -0.3 is 5.32 Å². The van der Waals surface area contributed by atoms with Crippen LogP contribution in [0.1, 0.15) is 27.7 Å². The molecule has 0 saturated heterocycles. The monoisotopic (exact) mass is 207 g/mol. The highest BCUT2D eigenvalue weighted by molar-refractivity contribution is 7.92. The number of rotatable bonds is 3. The van der Waals surface area contributed by atoms with Crippen LogP contribution in [-0.4, -0.2) is 31.4 Å². The molecule has 0 radical (unpaired) electrons. The molecule has 1 N–H and O–H groups in total. The maximum absolute atomic E-state index is 11.4. The molecule has 0 aromatic rings. The zero-order valence-electron chi connectivity index (χ0n) is 8.71. The molecule has 0 aliphatic carbocycles. The van der Waals surface area contributed by atoms with Gasteiger partial charge in [-0.05, 0) is 27.7 Å². The van der Waals surface area contributed by atoms with E-state index in [1.807, 2.05) is 0 Å². The van der Waals surface area contributed by atoms with Gasteiger partial charge >= 0.3 is 0 Å². The number of carbonyl (C=O) groups is 1. The zero-order chi connectivity index (χ0) is 10.9. The van der Waals surface area contributed by atoms with Crippen LogP contribution in [0.3, 0.4) is 0 Å². The van der Waals surface area contributed by atoms with Crippen molar-refractivity contribution >= 4 is 15.7 Å². The van der Waals surface area contributed by atoms with E-state index in [2.05, 4.69) is 5.32 Å². The van der Waals surface area contributed by atoms with Gasteiger partial charge in [-0.2, -0.15) is 0 Å². The summed E-state index contributed by atoms with van der Waals surface area (Å²) < 4.78 is 21.1. The van der Waals surface area contributed by atoms with Gasteiger partial charge in [-0.25, -0.2) is 8.42 Å². The minimum absolute atomic E-state index is 0.0477. The van der Waals surface area contributed by atoms with Gasteiger partial charge in [0.2, 0.25) is 5.91 Å². The number of hydrogen-bond acceptors (Lipinski definition) is 3. The molecule has 0 aromatic carbocycles. The van der Waals surface area contributed by atoms with Gasteiger partial charge in [0.05, 0.1) is 0 Å². The third-order valence-electron chi connectivity index (χ3n) is 1.89. The fraction of sp³-hybridized carbons (Fsp3) is 0.875. The molecule has 0 spiro atoms. The SMILES string of the molecule is CC(C)NC(=O)C(C)(C)S(C)(=O)=O. The fourth-order valence-electron chi connectivity index (χ4n) is 0.604. The Hall–Kier alpha value is -0.580. The number of amides is 1. The van der Waals surface area contributed by atoms with E-state index in [-0.39, 0.29) is 6.04 Å². The molecule has 0 aliphatic rings. The lowest BCUT2D eigenvalue weighted by molar-refractivity contribution is -0.123. The first-order chi connectivity index (χ1) is 5.59. The highest BCUT2D eigenvalue weighted by atomic mass is 32.2. The van der Waals surface area contributed by atoms with Crippen LogP contribution in [0.5, 0.6) is 0 Å². The molecule has 0 aromatic heterocycles. The van der Waals surface area contributed by atoms with Crippen molar-refractivity contribution in [3.05, 3.63) is 0 Å². The fourth-order valence-corrected chi connectivity index (χ4v) is 1.00. The molecular formula is C8H17NO3S. The third kappa shape index (κ3) is 2.99. The Morgan fingerprint density at radius 2 is 1.69 bits per heavy atom. The van der Waals surface area contributed by atoms with Gasteiger partial charge in [0.1, 0.15) is 4.75 Å². The highest BCUT2D eigenvalue weighted by Crippen LogP contribution is 2.15. The van der Waals surface area contributed by atoms with Gasteiger partial charge in [0.15, 0.2) is 9.84 Å². The summed E-state index contributed by atoms with van der Waals surface area (Å²) in [7, 11) is -3.36. The van der Waals surface area contributed by atoms with Crippen LogP contribution in [0.2, 0.25) is 0 Å². The average Bonchev–Trinajstić information content (AvgIpc) is 1.82. The van der Waals surface area contributed by atoms with E-state index in [4.69, 9.17) is 0 Å². The Kier molecular flexibility index (Phi) is 3.49. The number of carbonyl (C=O) groups excluding carboxylic acids is 1. The molecule has 0 aliphatic heterocycles. The highest BCUT2D eigenvalue weighted by Gasteiger charge is 2.38. The van der Waals surface area contributed by atoms with E-state index in [1.54, 1.807) is 13.8 Å². The van der Waals surface area contributed by atoms with Crippen LogP contribution >= 0.6 is 0 Å². The summed E-state index contributed by atoms with van der Waals surface area (Å²) in [6, 6.07) is -0.0477. The minimum atomic E-state index is -3.36. The van der Waals surface area contributed by atoms with Crippen molar-refractivity contribution in [2.75, 3.05) is 6.26 Å². The topological polar surface area (TPSA) is 63.2 Å². The van der Waals surface area contributed by atoms with Crippen molar-refractivity contribution in [2.45, 2.75) is 38.5 Å². The molecule has 0 rings (SSSR count). The van der Waals surface area contributed by atoms with Crippen molar-refractivity contribution in [2.24, 2.45) is 0 Å². The smallest absolute Gasteiger partial charge is 0.241 e. The molecule has 0 atom stereocenters. The van der Waals surface area contributed by atoms with Crippen LogP contribution < -0.4 is 5.32 Å². The molecule has 13 heavy (non-hydrogen) atoms. The van der Waals surface area contributed by atoms with Gasteiger partial charge in [-0.15, -0.1) is 0 Å². The Balaban J connectivity index is 4.77. The molecule has 1 amide bonds. The second kappa shape index (κ2) is 3.65. The van der Waals surface area contributed by atoms with Crippen molar-refractivity contribution in [1.29, 1.82) is 0 Å². The second-order valence-electron chi connectivity index (χ2n) is 3.91. The summed E-state index contributed by atoms with van der Waals surface area (Å²) in [5, 5.41) is 2.57. The summed E-state index contributed by atoms with van der Waals surface area (Å²) in [6.45, 7) is 6.38. The molecule has 0 saturated carbocycles. The quantitative estimate of drug-likeness (QED) is 0.725. The van der Waals surface area contributed by atoms with Crippen LogP contribution in [0.4, 0.5) is 0 Å². The predicted octanol–water partition coefficient (Wildman–Crippen LogP) is 0.334. The number of sulfone groups is 1. The van der Waals surface area contributed by atoms with Crippen LogP contribution in [-0.2, 0) is 14.6 Å². The lowest BCUT2D eigenvalue weighted by Gasteiger charge is -2.22. The maximum Gasteiger partial charge on any atom is 0.241 e. The molecule has 5 heteroatoms. The Morgan fingerprint density at radius 1 is 1.31 bits per heavy atom. The van der Waals surface area contributed by atoms with E-state index in [0.717, 1.165) is 6.26 Å². The average molecular weight is 207 g/mol. The van der Waals surface area contributed by atoms with Crippen LogP contribution in [0.25, 0.3) is 0 Å². The molecular weight excluding hydrogens is 190 g/mol. The summed E-state index contributed by atoms with van der Waals surface area (Å²) in [4.78, 5) is 11.4. The van der Waals surface area contributed by atoms with Gasteiger partial charge in [-0.1, -0.05) is 0 Å². The van der Waals surface area contributed by atoms with Crippen molar-refractivity contribution in [3.8, 4) is 0 Å².